The molecule has 6 heteroatoms. The summed E-state index contributed by atoms with van der Waals surface area (Å²) in [6, 6.07) is 3.86. The van der Waals surface area contributed by atoms with Crippen LogP contribution < -0.4 is 0 Å². The van der Waals surface area contributed by atoms with Gasteiger partial charge in [-0.25, -0.2) is 4.39 Å². The first-order chi connectivity index (χ1) is 11.1. The average molecular weight is 320 g/mol. The van der Waals surface area contributed by atoms with Gasteiger partial charge in [-0.15, -0.1) is 0 Å². The second-order valence-electron chi connectivity index (χ2n) is 6.90. The molecule has 3 fully saturated rings. The van der Waals surface area contributed by atoms with Crippen LogP contribution in [0.5, 0.6) is 0 Å². The van der Waals surface area contributed by atoms with Gasteiger partial charge in [0.25, 0.3) is 5.91 Å². The number of halogens is 1. The molecule has 1 atom stereocenters. The van der Waals surface area contributed by atoms with Crippen molar-refractivity contribution in [1.29, 1.82) is 0 Å². The number of alkyl halides is 1. The number of hydrogen-bond acceptors (Lipinski definition) is 4. The third-order valence-corrected chi connectivity index (χ3v) is 5.21. The lowest BCUT2D eigenvalue weighted by Gasteiger charge is -2.50. The summed E-state index contributed by atoms with van der Waals surface area (Å²) in [5.41, 5.74) is -0.807. The summed E-state index contributed by atoms with van der Waals surface area (Å²) >= 11 is 0. The molecule has 3 heterocycles. The number of pyridine rings is 1. The summed E-state index contributed by atoms with van der Waals surface area (Å²) in [6.07, 6.45) is 5.17. The molecule has 1 aliphatic carbocycles. The Morgan fingerprint density at radius 3 is 2.83 bits per heavy atom. The van der Waals surface area contributed by atoms with E-state index in [4.69, 9.17) is 9.47 Å². The van der Waals surface area contributed by atoms with E-state index in [2.05, 4.69) is 4.98 Å². The molecule has 3 aliphatic rings. The molecule has 2 aliphatic heterocycles. The Balaban J connectivity index is 1.29. The van der Waals surface area contributed by atoms with Gasteiger partial charge < -0.3 is 14.4 Å². The number of nitrogens with zero attached hydrogens (tertiary/aromatic N) is 2. The van der Waals surface area contributed by atoms with Crippen molar-refractivity contribution in [3.63, 3.8) is 0 Å². The van der Waals surface area contributed by atoms with Gasteiger partial charge in [-0.3, -0.25) is 9.78 Å². The number of amides is 1. The van der Waals surface area contributed by atoms with Crippen LogP contribution >= 0.6 is 0 Å². The fourth-order valence-corrected chi connectivity index (χ4v) is 3.52. The Morgan fingerprint density at radius 2 is 2.13 bits per heavy atom. The third kappa shape index (κ3) is 2.74. The zero-order valence-corrected chi connectivity index (χ0v) is 13.0. The molecule has 4 rings (SSSR count). The van der Waals surface area contributed by atoms with Gasteiger partial charge in [0.15, 0.2) is 5.67 Å². The Kier molecular flexibility index (Phi) is 3.61. The predicted molar refractivity (Wildman–Crippen MR) is 80.3 cm³/mol. The van der Waals surface area contributed by atoms with E-state index in [9.17, 15) is 9.18 Å². The first-order valence-electron chi connectivity index (χ1n) is 8.20. The highest BCUT2D eigenvalue weighted by Crippen LogP contribution is 2.46. The summed E-state index contributed by atoms with van der Waals surface area (Å²) in [5.74, 6) is -0.0850. The number of hydrogen-bond donors (Lipinski definition) is 0. The highest BCUT2D eigenvalue weighted by atomic mass is 19.1. The molecule has 1 aromatic heterocycles. The summed E-state index contributed by atoms with van der Waals surface area (Å²) in [4.78, 5) is 17.6. The van der Waals surface area contributed by atoms with Crippen molar-refractivity contribution in [2.24, 2.45) is 5.92 Å². The van der Waals surface area contributed by atoms with Crippen LogP contribution in [0.25, 0.3) is 0 Å². The average Bonchev–Trinajstić information content (AvgIpc) is 3.14. The van der Waals surface area contributed by atoms with E-state index in [0.29, 0.717) is 45.8 Å². The van der Waals surface area contributed by atoms with Crippen molar-refractivity contribution in [2.45, 2.75) is 37.1 Å². The molecule has 0 aromatic carbocycles. The topological polar surface area (TPSA) is 51.7 Å². The van der Waals surface area contributed by atoms with Gasteiger partial charge in [-0.2, -0.15) is 0 Å². The molecule has 0 bridgehead atoms. The van der Waals surface area contributed by atoms with E-state index in [1.165, 1.54) is 0 Å². The van der Waals surface area contributed by atoms with Crippen LogP contribution in [0.4, 0.5) is 4.39 Å². The largest absolute Gasteiger partial charge is 0.376 e. The quantitative estimate of drug-likeness (QED) is 0.829. The zero-order chi connectivity index (χ0) is 15.9. The Bertz CT molecular complexity index is 585. The molecule has 23 heavy (non-hydrogen) atoms. The fourth-order valence-electron chi connectivity index (χ4n) is 3.52. The van der Waals surface area contributed by atoms with Gasteiger partial charge in [-0.1, -0.05) is 0 Å². The fraction of sp³-hybridized carbons (Fsp3) is 0.647. The standard InChI is InChI=1S/C17H21FN2O3/c18-16(4-5-16)15(21)20-11-17(12-20)14(3-8-23-17)10-22-9-13-1-6-19-7-2-13/h1-2,6-7,14H,3-5,8-12H2. The lowest BCUT2D eigenvalue weighted by atomic mass is 9.81. The minimum absolute atomic E-state index is 0.267. The van der Waals surface area contributed by atoms with Crippen LogP contribution in [-0.2, 0) is 20.9 Å². The maximum Gasteiger partial charge on any atom is 0.260 e. The Hall–Kier alpha value is -1.53. The summed E-state index contributed by atoms with van der Waals surface area (Å²) < 4.78 is 25.6. The minimum atomic E-state index is -1.58. The highest BCUT2D eigenvalue weighted by molar-refractivity contribution is 5.88. The van der Waals surface area contributed by atoms with Crippen molar-refractivity contribution in [3.05, 3.63) is 30.1 Å². The van der Waals surface area contributed by atoms with Crippen LogP contribution in [0.3, 0.4) is 0 Å². The molecule has 0 N–H and O–H groups in total. The van der Waals surface area contributed by atoms with Gasteiger partial charge in [0, 0.05) is 24.9 Å². The second-order valence-corrected chi connectivity index (χ2v) is 6.90. The summed E-state index contributed by atoms with van der Waals surface area (Å²) in [5, 5.41) is 0. The predicted octanol–water partition coefficient (Wildman–Crippen LogP) is 1.72. The van der Waals surface area contributed by atoms with Crippen molar-refractivity contribution in [1.82, 2.24) is 9.88 Å². The molecule has 124 valence electrons. The monoisotopic (exact) mass is 320 g/mol. The molecule has 0 radical (unpaired) electrons. The molecule has 1 spiro atoms. The summed E-state index contributed by atoms with van der Waals surface area (Å²) in [6.45, 7) is 2.84. The van der Waals surface area contributed by atoms with Gasteiger partial charge in [0.2, 0.25) is 0 Å². The van der Waals surface area contributed by atoms with E-state index in [-0.39, 0.29) is 17.4 Å². The normalized spacial score (nSPS) is 27.0. The van der Waals surface area contributed by atoms with Crippen LogP contribution in [-0.4, -0.2) is 53.4 Å². The van der Waals surface area contributed by atoms with E-state index in [0.717, 1.165) is 12.0 Å². The first kappa shape index (κ1) is 15.0. The number of rotatable bonds is 5. The molecule has 1 aromatic rings. The zero-order valence-electron chi connectivity index (χ0n) is 13.0. The van der Waals surface area contributed by atoms with Crippen LogP contribution in [0, 0.1) is 5.92 Å². The van der Waals surface area contributed by atoms with Gasteiger partial charge in [0.05, 0.1) is 26.3 Å². The summed E-state index contributed by atoms with van der Waals surface area (Å²) in [7, 11) is 0. The van der Waals surface area contributed by atoms with E-state index < -0.39 is 5.67 Å². The lowest BCUT2D eigenvalue weighted by molar-refractivity contribution is -0.174. The Morgan fingerprint density at radius 1 is 1.39 bits per heavy atom. The van der Waals surface area contributed by atoms with Crippen LogP contribution in [0.1, 0.15) is 24.8 Å². The highest BCUT2D eigenvalue weighted by Gasteiger charge is 2.60. The third-order valence-electron chi connectivity index (χ3n) is 5.21. The van der Waals surface area contributed by atoms with Crippen molar-refractivity contribution in [3.8, 4) is 0 Å². The van der Waals surface area contributed by atoms with E-state index in [1.54, 1.807) is 17.3 Å². The number of carbonyl (C=O) groups is 1. The number of ether oxygens (including phenoxy) is 2. The molecular formula is C17H21FN2O3. The second kappa shape index (κ2) is 5.53. The maximum absolute atomic E-state index is 13.9. The Labute approximate surface area is 134 Å². The molecule has 5 nitrogen and oxygen atoms in total. The van der Waals surface area contributed by atoms with Gasteiger partial charge in [-0.05, 0) is 37.0 Å². The first-order valence-corrected chi connectivity index (χ1v) is 8.20. The van der Waals surface area contributed by atoms with Crippen molar-refractivity contribution >= 4 is 5.91 Å². The molecule has 1 amide bonds. The minimum Gasteiger partial charge on any atom is -0.376 e. The molecular weight excluding hydrogens is 299 g/mol. The van der Waals surface area contributed by atoms with E-state index in [1.807, 2.05) is 12.1 Å². The molecule has 1 saturated carbocycles. The van der Waals surface area contributed by atoms with Crippen LogP contribution in [0.15, 0.2) is 24.5 Å². The smallest absolute Gasteiger partial charge is 0.260 e. The maximum atomic E-state index is 13.9. The lowest BCUT2D eigenvalue weighted by Crippen LogP contribution is -2.68. The van der Waals surface area contributed by atoms with Crippen molar-refractivity contribution in [2.75, 3.05) is 26.3 Å². The number of carbonyl (C=O) groups excluding carboxylic acids is 1. The SMILES string of the molecule is O=C(N1CC2(C1)OCCC2COCc1ccncc1)C1(F)CC1. The van der Waals surface area contributed by atoms with Crippen LogP contribution in [0.2, 0.25) is 0 Å². The molecule has 2 saturated heterocycles. The molecule has 1 unspecified atom stereocenters. The van der Waals surface area contributed by atoms with Gasteiger partial charge in [0.1, 0.15) is 5.60 Å². The van der Waals surface area contributed by atoms with Crippen molar-refractivity contribution < 1.29 is 18.7 Å². The number of likely N-dealkylation sites (tertiary alicyclic amines) is 1. The number of aromatic nitrogens is 1. The van der Waals surface area contributed by atoms with E-state index >= 15 is 0 Å². The van der Waals surface area contributed by atoms with Gasteiger partial charge >= 0.3 is 0 Å².